The molecule has 1 amide bonds. The van der Waals surface area contributed by atoms with Crippen molar-refractivity contribution in [3.05, 3.63) is 35.1 Å². The fourth-order valence-electron chi connectivity index (χ4n) is 1.60. The number of hydrogen-bond acceptors (Lipinski definition) is 2. The Hall–Kier alpha value is -1.58. The molecule has 1 fully saturated rings. The minimum Gasteiger partial charge on any atom is -0.447 e. The molecule has 1 aliphatic rings. The number of halogens is 1. The molecule has 0 aromatic heterocycles. The highest BCUT2D eigenvalue weighted by Gasteiger charge is 2.36. The van der Waals surface area contributed by atoms with Crippen molar-refractivity contribution >= 4 is 6.09 Å². The Balaban J connectivity index is 2.37. The molecule has 3 nitrogen and oxygen atoms in total. The van der Waals surface area contributed by atoms with Gasteiger partial charge in [-0.15, -0.1) is 0 Å². The van der Waals surface area contributed by atoms with Crippen LogP contribution >= 0.6 is 0 Å². The Morgan fingerprint density at radius 2 is 2.27 bits per heavy atom. The van der Waals surface area contributed by atoms with Gasteiger partial charge in [0, 0.05) is 0 Å². The monoisotopic (exact) mass is 209 g/mol. The lowest BCUT2D eigenvalue weighted by Crippen LogP contribution is -2.37. The summed E-state index contributed by atoms with van der Waals surface area (Å²) in [5.41, 5.74) is 0.690. The normalized spacial score (nSPS) is 24.9. The van der Waals surface area contributed by atoms with E-state index in [1.54, 1.807) is 19.1 Å². The van der Waals surface area contributed by atoms with Crippen molar-refractivity contribution in [3.8, 4) is 0 Å². The van der Waals surface area contributed by atoms with Crippen LogP contribution in [0.15, 0.2) is 18.2 Å². The second-order valence-electron chi connectivity index (χ2n) is 4.00. The molecule has 1 heterocycles. The summed E-state index contributed by atoms with van der Waals surface area (Å²) in [6, 6.07) is 4.93. The number of rotatable bonds is 1. The standard InChI is InChI=1S/C11H12FNO2/c1-7-3-4-8(5-9(7)12)11(2)6-15-10(14)13-11/h3-5H,6H2,1-2H3,(H,13,14). The zero-order valence-corrected chi connectivity index (χ0v) is 8.63. The van der Waals surface area contributed by atoms with Crippen LogP contribution in [0, 0.1) is 12.7 Å². The lowest BCUT2D eigenvalue weighted by molar-refractivity contribution is 0.173. The fraction of sp³-hybridized carbons (Fsp3) is 0.364. The number of carbonyl (C=O) groups excluding carboxylic acids is 1. The van der Waals surface area contributed by atoms with Gasteiger partial charge < -0.3 is 10.1 Å². The van der Waals surface area contributed by atoms with Crippen molar-refractivity contribution in [2.75, 3.05) is 6.61 Å². The number of ether oxygens (including phenoxy) is 1. The van der Waals surface area contributed by atoms with Gasteiger partial charge in [-0.3, -0.25) is 0 Å². The van der Waals surface area contributed by atoms with E-state index < -0.39 is 11.6 Å². The highest BCUT2D eigenvalue weighted by atomic mass is 19.1. The predicted molar refractivity (Wildman–Crippen MR) is 53.0 cm³/mol. The Labute approximate surface area is 87.2 Å². The average Bonchev–Trinajstić information content (AvgIpc) is 2.52. The highest BCUT2D eigenvalue weighted by Crippen LogP contribution is 2.26. The van der Waals surface area contributed by atoms with Crippen LogP contribution < -0.4 is 5.32 Å². The minimum absolute atomic E-state index is 0.230. The lowest BCUT2D eigenvalue weighted by atomic mass is 9.93. The van der Waals surface area contributed by atoms with E-state index in [9.17, 15) is 9.18 Å². The highest BCUT2D eigenvalue weighted by molar-refractivity contribution is 5.71. The third kappa shape index (κ3) is 1.67. The van der Waals surface area contributed by atoms with Gasteiger partial charge in [-0.25, -0.2) is 9.18 Å². The third-order valence-electron chi connectivity index (χ3n) is 2.68. The average molecular weight is 209 g/mol. The summed E-state index contributed by atoms with van der Waals surface area (Å²) in [6.07, 6.45) is -0.460. The third-order valence-corrected chi connectivity index (χ3v) is 2.68. The van der Waals surface area contributed by atoms with E-state index in [1.807, 2.05) is 6.92 Å². The van der Waals surface area contributed by atoms with Crippen LogP contribution in [0.3, 0.4) is 0 Å². The smallest absolute Gasteiger partial charge is 0.408 e. The van der Waals surface area contributed by atoms with Gasteiger partial charge in [-0.1, -0.05) is 12.1 Å². The molecule has 1 unspecified atom stereocenters. The summed E-state index contributed by atoms with van der Waals surface area (Å²) >= 11 is 0. The fourth-order valence-corrected chi connectivity index (χ4v) is 1.60. The van der Waals surface area contributed by atoms with Crippen LogP contribution in [0.2, 0.25) is 0 Å². The molecule has 0 radical (unpaired) electrons. The molecule has 1 aromatic carbocycles. The second kappa shape index (κ2) is 3.22. The second-order valence-corrected chi connectivity index (χ2v) is 4.00. The van der Waals surface area contributed by atoms with Crippen molar-refractivity contribution in [1.29, 1.82) is 0 Å². The van der Waals surface area contributed by atoms with E-state index in [0.29, 0.717) is 5.56 Å². The maximum absolute atomic E-state index is 13.3. The molecule has 1 atom stereocenters. The topological polar surface area (TPSA) is 38.3 Å². The molecule has 0 spiro atoms. The summed E-state index contributed by atoms with van der Waals surface area (Å²) in [4.78, 5) is 11.0. The Bertz CT molecular complexity index is 419. The number of benzene rings is 1. The van der Waals surface area contributed by atoms with Crippen molar-refractivity contribution < 1.29 is 13.9 Å². The quantitative estimate of drug-likeness (QED) is 0.769. The largest absolute Gasteiger partial charge is 0.447 e. The number of cyclic esters (lactones) is 1. The Kier molecular flexibility index (Phi) is 2.14. The molecule has 0 aliphatic carbocycles. The van der Waals surface area contributed by atoms with Crippen molar-refractivity contribution in [2.45, 2.75) is 19.4 Å². The van der Waals surface area contributed by atoms with Crippen molar-refractivity contribution in [3.63, 3.8) is 0 Å². The molecular formula is C11H12FNO2. The van der Waals surface area contributed by atoms with Gasteiger partial charge in [0.25, 0.3) is 0 Å². The molecular weight excluding hydrogens is 197 g/mol. The molecule has 2 rings (SSSR count). The van der Waals surface area contributed by atoms with Crippen LogP contribution in [-0.4, -0.2) is 12.7 Å². The van der Waals surface area contributed by atoms with Gasteiger partial charge in [-0.05, 0) is 31.0 Å². The van der Waals surface area contributed by atoms with Gasteiger partial charge >= 0.3 is 6.09 Å². The van der Waals surface area contributed by atoms with Crippen molar-refractivity contribution in [2.24, 2.45) is 0 Å². The molecule has 1 saturated heterocycles. The number of hydrogen-bond donors (Lipinski definition) is 1. The van der Waals surface area contributed by atoms with E-state index >= 15 is 0 Å². The van der Waals surface area contributed by atoms with Gasteiger partial charge in [0.15, 0.2) is 0 Å². The molecule has 80 valence electrons. The lowest BCUT2D eigenvalue weighted by Gasteiger charge is -2.21. The van der Waals surface area contributed by atoms with Crippen LogP contribution in [0.1, 0.15) is 18.1 Å². The summed E-state index contributed by atoms with van der Waals surface area (Å²) < 4.78 is 18.2. The zero-order valence-electron chi connectivity index (χ0n) is 8.63. The van der Waals surface area contributed by atoms with Crippen LogP contribution in [0.5, 0.6) is 0 Å². The van der Waals surface area contributed by atoms with Crippen LogP contribution in [0.25, 0.3) is 0 Å². The first-order chi connectivity index (χ1) is 7.01. The predicted octanol–water partition coefficient (Wildman–Crippen LogP) is 2.09. The Morgan fingerprint density at radius 1 is 1.53 bits per heavy atom. The van der Waals surface area contributed by atoms with Crippen LogP contribution in [-0.2, 0) is 10.3 Å². The number of nitrogens with one attached hydrogen (secondary N) is 1. The molecule has 1 aliphatic heterocycles. The number of amides is 1. The molecule has 15 heavy (non-hydrogen) atoms. The molecule has 1 aromatic rings. The Morgan fingerprint density at radius 3 is 2.80 bits per heavy atom. The summed E-state index contributed by atoms with van der Waals surface area (Å²) in [6.45, 7) is 3.74. The van der Waals surface area contributed by atoms with E-state index in [4.69, 9.17) is 4.74 Å². The van der Waals surface area contributed by atoms with Gasteiger partial charge in [0.1, 0.15) is 12.4 Å². The van der Waals surface area contributed by atoms with Crippen molar-refractivity contribution in [1.82, 2.24) is 5.32 Å². The molecule has 4 heteroatoms. The van der Waals surface area contributed by atoms with E-state index in [0.717, 1.165) is 5.56 Å². The first-order valence-electron chi connectivity index (χ1n) is 4.73. The molecule has 1 N–H and O–H groups in total. The maximum Gasteiger partial charge on any atom is 0.408 e. The number of alkyl carbamates (subject to hydrolysis) is 1. The number of aryl methyl sites for hydroxylation is 1. The maximum atomic E-state index is 13.3. The van der Waals surface area contributed by atoms with E-state index in [1.165, 1.54) is 6.07 Å². The summed E-state index contributed by atoms with van der Waals surface area (Å²) in [5, 5.41) is 2.67. The van der Waals surface area contributed by atoms with Crippen LogP contribution in [0.4, 0.5) is 9.18 Å². The van der Waals surface area contributed by atoms with E-state index in [-0.39, 0.29) is 12.4 Å². The van der Waals surface area contributed by atoms with Gasteiger partial charge in [-0.2, -0.15) is 0 Å². The first-order valence-corrected chi connectivity index (χ1v) is 4.73. The van der Waals surface area contributed by atoms with E-state index in [2.05, 4.69) is 5.32 Å². The van der Waals surface area contributed by atoms with Gasteiger partial charge in [0.05, 0.1) is 5.54 Å². The minimum atomic E-state index is -0.619. The van der Waals surface area contributed by atoms with Gasteiger partial charge in [0.2, 0.25) is 0 Å². The zero-order chi connectivity index (χ0) is 11.1. The molecule has 0 bridgehead atoms. The summed E-state index contributed by atoms with van der Waals surface area (Å²) in [5.74, 6) is -0.269. The molecule has 0 saturated carbocycles. The first kappa shape index (κ1) is 9.96. The SMILES string of the molecule is Cc1ccc(C2(C)COC(=O)N2)cc1F. The summed E-state index contributed by atoms with van der Waals surface area (Å²) in [7, 11) is 0. The number of carbonyl (C=O) groups is 1.